The zero-order chi connectivity index (χ0) is 19.5. The van der Waals surface area contributed by atoms with Gasteiger partial charge >= 0.3 is 0 Å². The number of halogens is 2. The molecule has 0 atom stereocenters. The Kier molecular flexibility index (Phi) is 4.46. The van der Waals surface area contributed by atoms with Crippen LogP contribution in [0.5, 0.6) is 0 Å². The van der Waals surface area contributed by atoms with Gasteiger partial charge in [0.05, 0.1) is 5.02 Å². The van der Waals surface area contributed by atoms with Crippen LogP contribution in [0.4, 0.5) is 5.69 Å². The summed E-state index contributed by atoms with van der Waals surface area (Å²) >= 11 is 12.0. The van der Waals surface area contributed by atoms with E-state index in [1.165, 1.54) is 56.2 Å². The van der Waals surface area contributed by atoms with Crippen molar-refractivity contribution in [3.05, 3.63) is 58.1 Å². The Balaban J connectivity index is 1.39. The number of rotatable bonds is 4. The van der Waals surface area contributed by atoms with Gasteiger partial charge in [0.25, 0.3) is 10.0 Å². The monoisotopic (exact) mass is 435 g/mol. The number of hydrogen-bond donors (Lipinski definition) is 1. The molecule has 0 aromatic heterocycles. The molecule has 3 nitrogen and oxygen atoms in total. The Bertz CT molecular complexity index is 982. The van der Waals surface area contributed by atoms with E-state index in [9.17, 15) is 8.42 Å². The SMILES string of the molecule is O=S(=O)(Nc1ccc(C23CC4CC(CC(C4)C2)C3)cc1)c1cc(Cl)ccc1Cl. The first-order valence-electron chi connectivity index (χ1n) is 9.91. The third-order valence-corrected chi connectivity index (χ3v) is 9.07. The molecular formula is C22H23Cl2NO2S. The summed E-state index contributed by atoms with van der Waals surface area (Å²) in [5, 5.41) is 0.490. The van der Waals surface area contributed by atoms with Gasteiger partial charge in [-0.05, 0) is 97.6 Å². The maximum atomic E-state index is 12.7. The fourth-order valence-corrected chi connectivity index (χ4v) is 8.07. The van der Waals surface area contributed by atoms with Crippen molar-refractivity contribution in [2.24, 2.45) is 17.8 Å². The molecule has 0 saturated heterocycles. The van der Waals surface area contributed by atoms with Crippen LogP contribution in [0.25, 0.3) is 0 Å². The molecule has 0 aliphatic heterocycles. The molecule has 6 heteroatoms. The maximum Gasteiger partial charge on any atom is 0.263 e. The van der Waals surface area contributed by atoms with Gasteiger partial charge in [0, 0.05) is 10.7 Å². The molecule has 0 heterocycles. The van der Waals surface area contributed by atoms with Crippen molar-refractivity contribution in [3.8, 4) is 0 Å². The second-order valence-corrected chi connectivity index (χ2v) is 11.4. The highest BCUT2D eigenvalue weighted by molar-refractivity contribution is 7.92. The van der Waals surface area contributed by atoms with Crippen LogP contribution >= 0.6 is 23.2 Å². The van der Waals surface area contributed by atoms with E-state index in [0.717, 1.165) is 17.8 Å². The van der Waals surface area contributed by atoms with Gasteiger partial charge in [-0.15, -0.1) is 0 Å². The Morgan fingerprint density at radius 3 is 2.00 bits per heavy atom. The molecule has 0 unspecified atom stereocenters. The van der Waals surface area contributed by atoms with Gasteiger partial charge < -0.3 is 0 Å². The average molecular weight is 436 g/mol. The summed E-state index contributed by atoms with van der Waals surface area (Å²) in [6, 6.07) is 12.4. The third kappa shape index (κ3) is 3.24. The molecule has 4 saturated carbocycles. The van der Waals surface area contributed by atoms with E-state index in [-0.39, 0.29) is 9.92 Å². The van der Waals surface area contributed by atoms with E-state index >= 15 is 0 Å². The van der Waals surface area contributed by atoms with E-state index in [0.29, 0.717) is 16.1 Å². The minimum absolute atomic E-state index is 0.00757. The summed E-state index contributed by atoms with van der Waals surface area (Å²) < 4.78 is 28.1. The van der Waals surface area contributed by atoms with Crippen LogP contribution in [0.1, 0.15) is 44.1 Å². The molecule has 0 amide bonds. The van der Waals surface area contributed by atoms with Gasteiger partial charge in [0.1, 0.15) is 4.90 Å². The lowest BCUT2D eigenvalue weighted by atomic mass is 9.48. The van der Waals surface area contributed by atoms with Gasteiger partial charge in [-0.25, -0.2) is 8.42 Å². The second-order valence-electron chi connectivity index (χ2n) is 8.96. The quantitative estimate of drug-likeness (QED) is 0.615. The highest BCUT2D eigenvalue weighted by Gasteiger charge is 2.51. The standard InChI is InChI=1S/C22H23Cl2NO2S/c23-18-3-6-20(24)21(10-18)28(26,27)25-19-4-1-17(2-5-19)22-11-14-7-15(12-22)9-16(8-14)13-22/h1-6,10,14-16,25H,7-9,11-13H2. The van der Waals surface area contributed by atoms with Gasteiger partial charge in [0.2, 0.25) is 0 Å². The highest BCUT2D eigenvalue weighted by Crippen LogP contribution is 2.60. The highest BCUT2D eigenvalue weighted by atomic mass is 35.5. The van der Waals surface area contributed by atoms with Gasteiger partial charge in [-0.3, -0.25) is 4.72 Å². The smallest absolute Gasteiger partial charge is 0.263 e. The summed E-state index contributed by atoms with van der Waals surface area (Å²) in [4.78, 5) is -0.00757. The fourth-order valence-electron chi connectivity index (χ4n) is 6.25. The van der Waals surface area contributed by atoms with E-state index in [4.69, 9.17) is 23.2 Å². The number of nitrogens with one attached hydrogen (secondary N) is 1. The van der Waals surface area contributed by atoms with Crippen LogP contribution < -0.4 is 4.72 Å². The number of sulfonamides is 1. The van der Waals surface area contributed by atoms with E-state index in [1.807, 2.05) is 12.1 Å². The maximum absolute atomic E-state index is 12.7. The molecule has 6 rings (SSSR count). The molecule has 4 aliphatic rings. The number of hydrogen-bond acceptors (Lipinski definition) is 2. The Morgan fingerprint density at radius 1 is 0.857 bits per heavy atom. The molecule has 148 valence electrons. The summed E-state index contributed by atoms with van der Waals surface area (Å²) in [6.07, 6.45) is 8.12. The lowest BCUT2D eigenvalue weighted by molar-refractivity contribution is -0.00518. The molecule has 4 fully saturated rings. The van der Waals surface area contributed by atoms with Crippen molar-refractivity contribution in [1.29, 1.82) is 0 Å². The molecule has 1 N–H and O–H groups in total. The minimum atomic E-state index is -3.79. The molecular weight excluding hydrogens is 413 g/mol. The lowest BCUT2D eigenvalue weighted by Gasteiger charge is -2.57. The summed E-state index contributed by atoms with van der Waals surface area (Å²) in [6.45, 7) is 0. The fraction of sp³-hybridized carbons (Fsp3) is 0.455. The molecule has 2 aromatic rings. The van der Waals surface area contributed by atoms with Gasteiger partial charge in [0.15, 0.2) is 0 Å². The molecule has 28 heavy (non-hydrogen) atoms. The molecule has 4 bridgehead atoms. The van der Waals surface area contributed by atoms with E-state index in [2.05, 4.69) is 16.9 Å². The van der Waals surface area contributed by atoms with Crippen LogP contribution in [-0.2, 0) is 15.4 Å². The molecule has 0 radical (unpaired) electrons. The second kappa shape index (κ2) is 6.65. The Hall–Kier alpha value is -1.23. The molecule has 2 aromatic carbocycles. The topological polar surface area (TPSA) is 46.2 Å². The first kappa shape index (κ1) is 18.8. The van der Waals surface area contributed by atoms with Crippen LogP contribution in [0.15, 0.2) is 47.4 Å². The first-order valence-corrected chi connectivity index (χ1v) is 12.2. The normalized spacial score (nSPS) is 31.1. The lowest BCUT2D eigenvalue weighted by Crippen LogP contribution is -2.48. The Morgan fingerprint density at radius 2 is 1.43 bits per heavy atom. The van der Waals surface area contributed by atoms with Gasteiger partial charge in [-0.1, -0.05) is 35.3 Å². The summed E-state index contributed by atoms with van der Waals surface area (Å²) in [5.41, 5.74) is 2.22. The summed E-state index contributed by atoms with van der Waals surface area (Å²) in [7, 11) is -3.79. The third-order valence-electron chi connectivity index (χ3n) is 6.97. The van der Waals surface area contributed by atoms with Gasteiger partial charge in [-0.2, -0.15) is 0 Å². The van der Waals surface area contributed by atoms with Crippen molar-refractivity contribution in [1.82, 2.24) is 0 Å². The minimum Gasteiger partial charge on any atom is -0.280 e. The Labute approximate surface area is 176 Å². The molecule has 4 aliphatic carbocycles. The van der Waals surface area contributed by atoms with E-state index in [1.54, 1.807) is 6.07 Å². The first-order chi connectivity index (χ1) is 13.3. The summed E-state index contributed by atoms with van der Waals surface area (Å²) in [5.74, 6) is 2.65. The average Bonchev–Trinajstić information content (AvgIpc) is 2.63. The van der Waals surface area contributed by atoms with Crippen molar-refractivity contribution in [3.63, 3.8) is 0 Å². The van der Waals surface area contributed by atoms with Crippen molar-refractivity contribution in [2.75, 3.05) is 4.72 Å². The zero-order valence-corrected chi connectivity index (χ0v) is 17.8. The molecule has 0 spiro atoms. The van der Waals surface area contributed by atoms with Crippen LogP contribution in [-0.4, -0.2) is 8.42 Å². The van der Waals surface area contributed by atoms with Crippen LogP contribution in [0, 0.1) is 17.8 Å². The largest absolute Gasteiger partial charge is 0.280 e. The van der Waals surface area contributed by atoms with Crippen molar-refractivity contribution >= 4 is 38.9 Å². The predicted octanol–water partition coefficient (Wildman–Crippen LogP) is 6.26. The van der Waals surface area contributed by atoms with E-state index < -0.39 is 10.0 Å². The number of benzene rings is 2. The van der Waals surface area contributed by atoms with Crippen LogP contribution in [0.3, 0.4) is 0 Å². The van der Waals surface area contributed by atoms with Crippen LogP contribution in [0.2, 0.25) is 10.0 Å². The van der Waals surface area contributed by atoms with Crippen molar-refractivity contribution in [2.45, 2.75) is 48.8 Å². The zero-order valence-electron chi connectivity index (χ0n) is 15.5. The van der Waals surface area contributed by atoms with Crippen molar-refractivity contribution < 1.29 is 8.42 Å². The number of anilines is 1. The predicted molar refractivity (Wildman–Crippen MR) is 114 cm³/mol.